The maximum absolute atomic E-state index is 13.9. The van der Waals surface area contributed by atoms with Gasteiger partial charge in [0.25, 0.3) is 0 Å². The number of hydrogen-bond acceptors (Lipinski definition) is 0. The summed E-state index contributed by atoms with van der Waals surface area (Å²) in [5.41, 5.74) is -6.39. The van der Waals surface area contributed by atoms with E-state index in [9.17, 15) is 5.11 Å². The fourth-order valence-corrected chi connectivity index (χ4v) is 13.5. The summed E-state index contributed by atoms with van der Waals surface area (Å²) in [6.07, 6.45) is 0. The Kier molecular flexibility index (Phi) is 7.52. The van der Waals surface area contributed by atoms with Gasteiger partial charge in [0.2, 0.25) is 16.4 Å². The van der Waals surface area contributed by atoms with Crippen LogP contribution in [0.15, 0.2) is 0 Å². The lowest BCUT2D eigenvalue weighted by molar-refractivity contribution is -0.0948. The van der Waals surface area contributed by atoms with Crippen molar-refractivity contribution in [1.82, 2.24) is 0 Å². The zero-order valence-corrected chi connectivity index (χ0v) is 24.7. The number of fused-ring (bicyclic) bond motifs is 2. The molecule has 0 saturated heterocycles. The minimum absolute atomic E-state index is 2.87. The van der Waals surface area contributed by atoms with Gasteiger partial charge in [0.15, 0.2) is 13.0 Å². The quantitative estimate of drug-likeness (QED) is 0.221. The van der Waals surface area contributed by atoms with Crippen LogP contribution in [-0.4, -0.2) is 34.3 Å². The molecule has 0 aromatic rings. The van der Waals surface area contributed by atoms with Crippen molar-refractivity contribution in [2.45, 2.75) is 34.3 Å². The van der Waals surface area contributed by atoms with Crippen LogP contribution in [0, 0.1) is 10.8 Å². The molecule has 0 heterocycles. The molecule has 0 aliphatic heterocycles. The maximum Gasteiger partial charge on any atom is 0.224 e. The van der Waals surface area contributed by atoms with Gasteiger partial charge in [0, 0.05) is 0 Å². The van der Waals surface area contributed by atoms with Crippen molar-refractivity contribution in [2.24, 2.45) is 10.8 Å². The molecule has 2 saturated carbocycles. The van der Waals surface area contributed by atoms with Crippen molar-refractivity contribution in [2.75, 3.05) is 0 Å². The van der Waals surface area contributed by atoms with Crippen molar-refractivity contribution in [3.8, 4) is 0 Å². The molecule has 2 rings (SSSR count). The number of rotatable bonds is 0. The van der Waals surface area contributed by atoms with Crippen molar-refractivity contribution >= 4 is 197 Å². The lowest BCUT2D eigenvalue weighted by atomic mass is 9.67. The summed E-state index contributed by atoms with van der Waals surface area (Å²) >= 11 is 106. The third-order valence-electron chi connectivity index (χ3n) is 4.97. The van der Waals surface area contributed by atoms with Crippen LogP contribution in [0.1, 0.15) is 0 Å². The predicted molar refractivity (Wildman–Crippen MR) is 127 cm³/mol. The Bertz CT molecular complexity index is 629. The van der Waals surface area contributed by atoms with E-state index in [2.05, 4.69) is 0 Å². The standard InChI is InChI=1S/C10Cl17O/c11-3-1(8(19,20)21,9(22,23)24)2(10(25,26)27,4(12,13)5(3,14)15)7(18,28)6(3,16)17. The zero-order chi connectivity index (χ0) is 23.0. The number of hydrogen-bond donors (Lipinski definition) is 0. The molecule has 2 bridgehead atoms. The smallest absolute Gasteiger partial charge is 0.208 e. The van der Waals surface area contributed by atoms with Crippen LogP contribution in [0.25, 0.3) is 0 Å². The highest BCUT2D eigenvalue weighted by molar-refractivity contribution is 6.80. The normalized spacial score (nSPS) is 41.4. The first-order valence-corrected chi connectivity index (χ1v) is 12.6. The molecule has 0 aromatic carbocycles. The SMILES string of the molecule is [O]C1(Cl)C(Cl)(Cl)C2(Cl)C(Cl)(Cl)C(Cl)(Cl)C1(C(Cl)(Cl)Cl)C2(C(Cl)(Cl)Cl)C(Cl)(Cl)Cl. The molecule has 1 nitrogen and oxygen atoms in total. The Balaban J connectivity index is 3.46. The van der Waals surface area contributed by atoms with Crippen LogP contribution in [0.2, 0.25) is 0 Å². The second kappa shape index (κ2) is 7.23. The molecule has 0 amide bonds. The Morgan fingerprint density at radius 2 is 0.786 bits per heavy atom. The molecule has 0 N–H and O–H groups in total. The lowest BCUT2D eigenvalue weighted by Gasteiger charge is -2.58. The van der Waals surface area contributed by atoms with Crippen LogP contribution in [-0.2, 0) is 5.11 Å². The van der Waals surface area contributed by atoms with E-state index in [4.69, 9.17) is 197 Å². The molecular weight excluding hydrogens is 739 g/mol. The molecular formula is C10Cl17O. The second-order valence-corrected chi connectivity index (χ2v) is 17.9. The van der Waals surface area contributed by atoms with Crippen LogP contribution in [0.5, 0.6) is 0 Å². The third kappa shape index (κ3) is 2.56. The van der Waals surface area contributed by atoms with Crippen molar-refractivity contribution < 1.29 is 5.11 Å². The molecule has 2 aliphatic rings. The Morgan fingerprint density at radius 3 is 1.00 bits per heavy atom. The minimum Gasteiger partial charge on any atom is -0.208 e. The molecule has 3 unspecified atom stereocenters. The minimum atomic E-state index is -3.53. The highest BCUT2D eigenvalue weighted by Crippen LogP contribution is 2.98. The van der Waals surface area contributed by atoms with Gasteiger partial charge in [0.1, 0.15) is 15.7 Å². The average molecular weight is 739 g/mol. The van der Waals surface area contributed by atoms with Crippen LogP contribution >= 0.6 is 197 Å². The summed E-state index contributed by atoms with van der Waals surface area (Å²) in [6.45, 7) is 0. The second-order valence-electron chi connectivity index (χ2n) is 5.97. The summed E-state index contributed by atoms with van der Waals surface area (Å²) < 4.78 is -17.9. The van der Waals surface area contributed by atoms with Crippen molar-refractivity contribution in [3.05, 3.63) is 0 Å². The third-order valence-corrected chi connectivity index (χ3v) is 13.3. The largest absolute Gasteiger partial charge is 0.224 e. The Morgan fingerprint density at radius 1 is 0.464 bits per heavy atom. The lowest BCUT2D eigenvalue weighted by Crippen LogP contribution is -2.74. The summed E-state index contributed by atoms with van der Waals surface area (Å²) in [5.74, 6) is 0. The van der Waals surface area contributed by atoms with Gasteiger partial charge in [-0.2, -0.15) is 0 Å². The molecule has 28 heavy (non-hydrogen) atoms. The summed E-state index contributed by atoms with van der Waals surface area (Å²) in [6, 6.07) is 0. The van der Waals surface area contributed by atoms with E-state index < -0.39 is 45.1 Å². The predicted octanol–water partition coefficient (Wildman–Crippen LogP) is 9.96. The van der Waals surface area contributed by atoms with Crippen LogP contribution in [0.4, 0.5) is 0 Å². The monoisotopic (exact) mass is 730 g/mol. The fourth-order valence-electron chi connectivity index (χ4n) is 4.06. The Hall–Kier alpha value is 4.89. The first-order valence-electron chi connectivity index (χ1n) is 6.17. The van der Waals surface area contributed by atoms with Crippen LogP contribution < -0.4 is 0 Å². The highest BCUT2D eigenvalue weighted by Gasteiger charge is 3.12. The molecule has 2 aliphatic carbocycles. The first-order chi connectivity index (χ1) is 11.8. The highest BCUT2D eigenvalue weighted by atomic mass is 35.6. The van der Waals surface area contributed by atoms with E-state index in [1.54, 1.807) is 0 Å². The van der Waals surface area contributed by atoms with E-state index >= 15 is 0 Å². The van der Waals surface area contributed by atoms with E-state index in [-0.39, 0.29) is 0 Å². The maximum atomic E-state index is 13.9. The van der Waals surface area contributed by atoms with Gasteiger partial charge in [0.05, 0.1) is 0 Å². The Labute approximate surface area is 244 Å². The number of halogens is 17. The summed E-state index contributed by atoms with van der Waals surface area (Å²) in [4.78, 5) is -3.05. The van der Waals surface area contributed by atoms with Gasteiger partial charge in [-0.3, -0.25) is 0 Å². The van der Waals surface area contributed by atoms with Crippen LogP contribution in [0.3, 0.4) is 0 Å². The van der Waals surface area contributed by atoms with Gasteiger partial charge in [-0.05, 0) is 0 Å². The topological polar surface area (TPSA) is 19.9 Å². The summed E-state index contributed by atoms with van der Waals surface area (Å²) in [5, 5.41) is 10.3. The van der Waals surface area contributed by atoms with Crippen molar-refractivity contribution in [1.29, 1.82) is 0 Å². The molecule has 0 aromatic heterocycles. The van der Waals surface area contributed by atoms with E-state index in [1.165, 1.54) is 0 Å². The van der Waals surface area contributed by atoms with Gasteiger partial charge < -0.3 is 0 Å². The van der Waals surface area contributed by atoms with Gasteiger partial charge in [-0.15, -0.1) is 11.6 Å². The molecule has 18 heteroatoms. The molecule has 2 fully saturated rings. The first kappa shape index (κ1) is 29.1. The zero-order valence-electron chi connectivity index (χ0n) is 11.8. The summed E-state index contributed by atoms with van der Waals surface area (Å²) in [7, 11) is 0. The molecule has 1 radical (unpaired) electrons. The average Bonchev–Trinajstić information content (AvgIpc) is 2.55. The van der Waals surface area contributed by atoms with Crippen molar-refractivity contribution in [3.63, 3.8) is 0 Å². The molecule has 3 atom stereocenters. The van der Waals surface area contributed by atoms with Gasteiger partial charge in [-0.25, -0.2) is 5.11 Å². The van der Waals surface area contributed by atoms with E-state index in [1.807, 2.05) is 0 Å². The fraction of sp³-hybridized carbons (Fsp3) is 1.00. The number of alkyl halides is 17. The van der Waals surface area contributed by atoms with E-state index in [0.29, 0.717) is 0 Å². The van der Waals surface area contributed by atoms with E-state index in [0.717, 1.165) is 0 Å². The molecule has 0 spiro atoms. The van der Waals surface area contributed by atoms with Gasteiger partial charge in [-0.1, -0.05) is 186 Å². The van der Waals surface area contributed by atoms with Gasteiger partial charge >= 0.3 is 0 Å². The molecule has 165 valence electrons.